The first-order valence-electron chi connectivity index (χ1n) is 10.0. The molecule has 3 saturated carbocycles. The maximum Gasteiger partial charge on any atom is 0.0601 e. The lowest BCUT2D eigenvalue weighted by molar-refractivity contribution is -0.0761. The highest BCUT2D eigenvalue weighted by molar-refractivity contribution is 5.25. The van der Waals surface area contributed by atoms with Gasteiger partial charge in [0, 0.05) is 5.92 Å². The van der Waals surface area contributed by atoms with Crippen LogP contribution in [0.3, 0.4) is 0 Å². The summed E-state index contributed by atoms with van der Waals surface area (Å²) < 4.78 is 0. The Labute approximate surface area is 146 Å². The smallest absolute Gasteiger partial charge is 0.0601 e. The van der Waals surface area contributed by atoms with Crippen LogP contribution in [0.5, 0.6) is 0 Å². The molecular weight excluding hydrogens is 300 g/mol. The molecule has 3 fully saturated rings. The highest BCUT2D eigenvalue weighted by Crippen LogP contribution is 2.66. The quantitative estimate of drug-likeness (QED) is 0.645. The van der Waals surface area contributed by atoms with Crippen molar-refractivity contribution in [1.82, 2.24) is 0 Å². The van der Waals surface area contributed by atoms with Crippen LogP contribution < -0.4 is 0 Å². The minimum Gasteiger partial charge on any atom is -0.393 e. The van der Waals surface area contributed by atoms with Gasteiger partial charge in [-0.05, 0) is 80.5 Å². The fourth-order valence-corrected chi connectivity index (χ4v) is 7.57. The predicted octanol–water partition coefficient (Wildman–Crippen LogP) is 3.28. The van der Waals surface area contributed by atoms with Crippen LogP contribution in [0.2, 0.25) is 0 Å². The second kappa shape index (κ2) is 5.56. The molecule has 3 N–H and O–H groups in total. The number of fused-ring (bicyclic) bond motifs is 5. The van der Waals surface area contributed by atoms with Gasteiger partial charge in [-0.3, -0.25) is 0 Å². The van der Waals surface area contributed by atoms with E-state index < -0.39 is 6.10 Å². The second-order valence-electron chi connectivity index (χ2n) is 9.77. The highest BCUT2D eigenvalue weighted by atomic mass is 16.3. The fourth-order valence-electron chi connectivity index (χ4n) is 7.57. The van der Waals surface area contributed by atoms with E-state index in [1.165, 1.54) is 12.0 Å². The van der Waals surface area contributed by atoms with Crippen LogP contribution in [0, 0.1) is 34.5 Å². The van der Waals surface area contributed by atoms with E-state index in [1.807, 2.05) is 6.92 Å². The SMILES string of the molecule is C[C@H](O)[C@H]1[C@H](O)C[C@@H]2[C@@H]3CC=C4C[C@H](O)CC[C@@]4(C)[C@@H]3CC[C@@]12C. The van der Waals surface area contributed by atoms with Crippen LogP contribution in [-0.4, -0.2) is 33.6 Å². The molecule has 3 heteroatoms. The molecule has 24 heavy (non-hydrogen) atoms. The van der Waals surface area contributed by atoms with Gasteiger partial charge in [0.1, 0.15) is 0 Å². The van der Waals surface area contributed by atoms with Gasteiger partial charge < -0.3 is 15.3 Å². The zero-order valence-corrected chi connectivity index (χ0v) is 15.4. The topological polar surface area (TPSA) is 60.7 Å². The Morgan fingerprint density at radius 1 is 1.12 bits per heavy atom. The molecule has 0 amide bonds. The van der Waals surface area contributed by atoms with E-state index in [2.05, 4.69) is 19.9 Å². The Bertz CT molecular complexity index is 541. The molecule has 0 radical (unpaired) electrons. The van der Waals surface area contributed by atoms with Gasteiger partial charge in [-0.15, -0.1) is 0 Å². The molecule has 4 aliphatic carbocycles. The third kappa shape index (κ3) is 2.20. The van der Waals surface area contributed by atoms with Gasteiger partial charge in [0.05, 0.1) is 18.3 Å². The van der Waals surface area contributed by atoms with E-state index in [0.717, 1.165) is 38.5 Å². The summed E-state index contributed by atoms with van der Waals surface area (Å²) in [7, 11) is 0. The Morgan fingerprint density at radius 2 is 1.88 bits per heavy atom. The van der Waals surface area contributed by atoms with Crippen molar-refractivity contribution in [3.05, 3.63) is 11.6 Å². The average Bonchev–Trinajstić information content (AvgIpc) is 2.78. The van der Waals surface area contributed by atoms with Crippen molar-refractivity contribution in [2.75, 3.05) is 0 Å². The third-order valence-corrected chi connectivity index (χ3v) is 8.71. The first-order chi connectivity index (χ1) is 11.3. The normalized spacial score (nSPS) is 55.2. The fraction of sp³-hybridized carbons (Fsp3) is 0.905. The van der Waals surface area contributed by atoms with Crippen molar-refractivity contribution < 1.29 is 15.3 Å². The first-order valence-corrected chi connectivity index (χ1v) is 10.0. The van der Waals surface area contributed by atoms with Gasteiger partial charge in [-0.1, -0.05) is 25.5 Å². The van der Waals surface area contributed by atoms with Crippen LogP contribution in [0.4, 0.5) is 0 Å². The van der Waals surface area contributed by atoms with Crippen molar-refractivity contribution in [2.24, 2.45) is 34.5 Å². The molecule has 4 rings (SSSR count). The number of allylic oxidation sites excluding steroid dienone is 1. The Balaban J connectivity index is 1.67. The number of rotatable bonds is 1. The summed E-state index contributed by atoms with van der Waals surface area (Å²) in [6.07, 6.45) is 8.67. The maximum absolute atomic E-state index is 10.7. The van der Waals surface area contributed by atoms with Crippen LogP contribution >= 0.6 is 0 Å². The van der Waals surface area contributed by atoms with Gasteiger partial charge in [-0.2, -0.15) is 0 Å². The average molecular weight is 335 g/mol. The Kier molecular flexibility index (Phi) is 3.95. The van der Waals surface area contributed by atoms with E-state index in [9.17, 15) is 15.3 Å². The molecule has 0 aromatic heterocycles. The molecule has 0 aliphatic heterocycles. The van der Waals surface area contributed by atoms with Crippen LogP contribution in [0.25, 0.3) is 0 Å². The van der Waals surface area contributed by atoms with E-state index in [0.29, 0.717) is 17.8 Å². The first kappa shape index (κ1) is 17.1. The van der Waals surface area contributed by atoms with Crippen molar-refractivity contribution in [3.8, 4) is 0 Å². The molecule has 0 saturated heterocycles. The lowest BCUT2D eigenvalue weighted by Crippen LogP contribution is -2.51. The number of aliphatic hydroxyl groups is 3. The molecular formula is C21H34O3. The van der Waals surface area contributed by atoms with Crippen molar-refractivity contribution in [3.63, 3.8) is 0 Å². The van der Waals surface area contributed by atoms with Crippen LogP contribution in [0.15, 0.2) is 11.6 Å². The Hall–Kier alpha value is -0.380. The summed E-state index contributed by atoms with van der Waals surface area (Å²) in [5.41, 5.74) is 1.82. The summed E-state index contributed by atoms with van der Waals surface area (Å²) >= 11 is 0. The summed E-state index contributed by atoms with van der Waals surface area (Å²) in [6.45, 7) is 6.62. The van der Waals surface area contributed by atoms with Gasteiger partial charge in [-0.25, -0.2) is 0 Å². The molecule has 3 nitrogen and oxygen atoms in total. The monoisotopic (exact) mass is 334 g/mol. The van der Waals surface area contributed by atoms with E-state index >= 15 is 0 Å². The van der Waals surface area contributed by atoms with Gasteiger partial charge in [0.15, 0.2) is 0 Å². The number of hydrogen-bond donors (Lipinski definition) is 3. The molecule has 0 bridgehead atoms. The van der Waals surface area contributed by atoms with Crippen LogP contribution in [-0.2, 0) is 0 Å². The van der Waals surface area contributed by atoms with Gasteiger partial charge in [0.2, 0.25) is 0 Å². The van der Waals surface area contributed by atoms with E-state index in [1.54, 1.807) is 0 Å². The molecule has 0 unspecified atom stereocenters. The highest BCUT2D eigenvalue weighted by Gasteiger charge is 2.61. The van der Waals surface area contributed by atoms with E-state index in [4.69, 9.17) is 0 Å². The molecule has 136 valence electrons. The summed E-state index contributed by atoms with van der Waals surface area (Å²) in [6, 6.07) is 0. The van der Waals surface area contributed by atoms with Crippen molar-refractivity contribution in [2.45, 2.75) is 84.0 Å². The summed E-state index contributed by atoms with van der Waals surface area (Å²) in [5, 5.41) is 31.0. The number of hydrogen-bond acceptors (Lipinski definition) is 3. The zero-order chi connectivity index (χ0) is 17.3. The minimum atomic E-state index is -0.429. The molecule has 0 heterocycles. The standard InChI is InChI=1S/C21H34O3/c1-12(22)19-18(24)11-17-15-5-4-13-10-14(23)6-8-20(13,2)16(15)7-9-21(17,19)3/h4,12,14-19,22-24H,5-11H2,1-3H3/t12-,14+,15+,16+,17+,18+,19-,20+,21+/m0/s1. The molecule has 9 atom stereocenters. The van der Waals surface area contributed by atoms with Gasteiger partial charge >= 0.3 is 0 Å². The Morgan fingerprint density at radius 3 is 2.58 bits per heavy atom. The van der Waals surface area contributed by atoms with Gasteiger partial charge in [0.25, 0.3) is 0 Å². The largest absolute Gasteiger partial charge is 0.393 e. The van der Waals surface area contributed by atoms with Crippen molar-refractivity contribution >= 4 is 0 Å². The lowest BCUT2D eigenvalue weighted by atomic mass is 9.47. The predicted molar refractivity (Wildman–Crippen MR) is 94.3 cm³/mol. The molecule has 0 aromatic rings. The van der Waals surface area contributed by atoms with Crippen LogP contribution in [0.1, 0.15) is 65.7 Å². The minimum absolute atomic E-state index is 0.0230. The molecule has 0 spiro atoms. The summed E-state index contributed by atoms with van der Waals surface area (Å²) in [5.74, 6) is 1.86. The van der Waals surface area contributed by atoms with Crippen molar-refractivity contribution in [1.29, 1.82) is 0 Å². The maximum atomic E-state index is 10.7. The molecule has 0 aromatic carbocycles. The zero-order valence-electron chi connectivity index (χ0n) is 15.4. The number of aliphatic hydroxyl groups excluding tert-OH is 3. The second-order valence-corrected chi connectivity index (χ2v) is 9.77. The third-order valence-electron chi connectivity index (χ3n) is 8.71. The lowest BCUT2D eigenvalue weighted by Gasteiger charge is -2.58. The summed E-state index contributed by atoms with van der Waals surface area (Å²) in [4.78, 5) is 0. The molecule has 4 aliphatic rings. The van der Waals surface area contributed by atoms with E-state index in [-0.39, 0.29) is 29.0 Å².